The van der Waals surface area contributed by atoms with Crippen LogP contribution in [0.4, 0.5) is 0 Å². The third kappa shape index (κ3) is 2.11. The van der Waals surface area contributed by atoms with Crippen LogP contribution in [0.2, 0.25) is 0 Å². The van der Waals surface area contributed by atoms with Crippen LogP contribution in [0, 0.1) is 0 Å². The van der Waals surface area contributed by atoms with E-state index in [2.05, 4.69) is 0 Å². The summed E-state index contributed by atoms with van der Waals surface area (Å²) < 4.78 is 50.0. The lowest BCUT2D eigenvalue weighted by molar-refractivity contribution is 0.0317. The molecule has 5 rings (SSSR count). The number of sulfonamides is 1. The van der Waals surface area contributed by atoms with E-state index in [1.165, 1.54) is 0 Å². The molecule has 0 aliphatic carbocycles. The zero-order valence-electron chi connectivity index (χ0n) is 15.1. The van der Waals surface area contributed by atoms with Crippen molar-refractivity contribution in [2.45, 2.75) is 29.2 Å². The van der Waals surface area contributed by atoms with Crippen LogP contribution in [0.25, 0.3) is 0 Å². The number of nitrogens with zero attached hydrogens (tertiary/aromatic N) is 1. The highest BCUT2D eigenvalue weighted by Gasteiger charge is 2.73. The Labute approximate surface area is 157 Å². The van der Waals surface area contributed by atoms with Gasteiger partial charge in [-0.2, -0.15) is 4.31 Å². The van der Waals surface area contributed by atoms with E-state index in [0.717, 1.165) is 11.1 Å². The minimum absolute atomic E-state index is 0.212. The molecule has 142 valence electrons. The Balaban J connectivity index is 1.53. The summed E-state index contributed by atoms with van der Waals surface area (Å²) in [7, 11) is 1.13. The fourth-order valence-corrected chi connectivity index (χ4v) is 6.18. The summed E-state index contributed by atoms with van der Waals surface area (Å²) in [5.74, 6) is 2.01. The van der Waals surface area contributed by atoms with E-state index in [1.807, 2.05) is 12.1 Å². The van der Waals surface area contributed by atoms with Gasteiger partial charge in [-0.25, -0.2) is 8.42 Å². The summed E-state index contributed by atoms with van der Waals surface area (Å²) in [5, 5.41) is 0. The third-order valence-electron chi connectivity index (χ3n) is 5.61. The SMILES string of the molecule is COc1ccc(S(=O)(=O)N2[C@@H]3[C@H]2[C@@H]2O[C@H]3c3c(OC)ccc(OC)c32)cc1. The molecule has 5 atom stereocenters. The fourth-order valence-electron chi connectivity index (χ4n) is 4.40. The van der Waals surface area contributed by atoms with Gasteiger partial charge in [0.05, 0.1) is 38.3 Å². The van der Waals surface area contributed by atoms with Gasteiger partial charge in [-0.15, -0.1) is 0 Å². The van der Waals surface area contributed by atoms with Gasteiger partial charge in [-0.3, -0.25) is 0 Å². The predicted octanol–water partition coefficient (Wildman–Crippen LogP) is 2.28. The molecule has 0 N–H and O–H groups in total. The second kappa shape index (κ2) is 5.60. The highest BCUT2D eigenvalue weighted by atomic mass is 32.2. The minimum Gasteiger partial charge on any atom is -0.497 e. The number of rotatable bonds is 5. The maximum Gasteiger partial charge on any atom is 0.243 e. The average Bonchev–Trinajstić information content (AvgIpc) is 3.21. The molecular formula is C19H19NO6S. The lowest BCUT2D eigenvalue weighted by atomic mass is 9.90. The summed E-state index contributed by atoms with van der Waals surface area (Å²) in [6, 6.07) is 9.68. The number of fused-ring (bicyclic) bond motifs is 8. The molecule has 3 heterocycles. The van der Waals surface area contributed by atoms with E-state index in [1.54, 1.807) is 49.9 Å². The summed E-state index contributed by atoms with van der Waals surface area (Å²) in [6.07, 6.45) is -0.679. The molecule has 0 radical (unpaired) electrons. The van der Waals surface area contributed by atoms with Crippen LogP contribution in [0.1, 0.15) is 23.3 Å². The van der Waals surface area contributed by atoms with E-state index in [9.17, 15) is 8.42 Å². The summed E-state index contributed by atoms with van der Waals surface area (Å²) in [5.41, 5.74) is 1.80. The van der Waals surface area contributed by atoms with Crippen molar-refractivity contribution < 1.29 is 27.4 Å². The Kier molecular flexibility index (Phi) is 3.50. The molecule has 0 aromatic heterocycles. The normalized spacial score (nSPS) is 29.8. The van der Waals surface area contributed by atoms with Crippen molar-refractivity contribution in [3.05, 3.63) is 47.5 Å². The van der Waals surface area contributed by atoms with Crippen molar-refractivity contribution in [1.82, 2.24) is 4.31 Å². The first-order valence-corrected chi connectivity index (χ1v) is 10.0. The van der Waals surface area contributed by atoms with E-state index < -0.39 is 10.0 Å². The molecule has 8 heteroatoms. The number of hydrogen-bond acceptors (Lipinski definition) is 6. The fraction of sp³-hybridized carbons (Fsp3) is 0.368. The van der Waals surface area contributed by atoms with Crippen molar-refractivity contribution in [3.8, 4) is 17.2 Å². The van der Waals surface area contributed by atoms with Gasteiger partial charge in [0.2, 0.25) is 10.0 Å². The van der Waals surface area contributed by atoms with E-state index >= 15 is 0 Å². The Hall–Kier alpha value is -2.29. The Morgan fingerprint density at radius 2 is 1.33 bits per heavy atom. The molecule has 3 aliphatic heterocycles. The molecule has 0 amide bonds. The number of morpholine rings is 1. The zero-order valence-corrected chi connectivity index (χ0v) is 15.9. The first kappa shape index (κ1) is 16.9. The Morgan fingerprint density at radius 3 is 1.78 bits per heavy atom. The highest BCUT2D eigenvalue weighted by molar-refractivity contribution is 7.89. The van der Waals surface area contributed by atoms with Crippen LogP contribution in [-0.2, 0) is 14.8 Å². The highest BCUT2D eigenvalue weighted by Crippen LogP contribution is 2.67. The van der Waals surface area contributed by atoms with Crippen LogP contribution < -0.4 is 14.2 Å². The topological polar surface area (TPSA) is 74.1 Å². The van der Waals surface area contributed by atoms with E-state index in [4.69, 9.17) is 18.9 Å². The molecule has 0 saturated carbocycles. The van der Waals surface area contributed by atoms with Crippen molar-refractivity contribution in [2.75, 3.05) is 21.3 Å². The standard InChI is InChI=1S/C19H19NO6S/c1-23-10-4-6-11(7-5-10)27(21,22)20-16-17(20)19-15-13(25-3)9-8-12(24-2)14(15)18(16)26-19/h4-9,16-19H,1-3H3/t16-,17+,18+,19-,20?. The molecule has 27 heavy (non-hydrogen) atoms. The molecule has 7 nitrogen and oxygen atoms in total. The monoisotopic (exact) mass is 389 g/mol. The Bertz CT molecular complexity index is 976. The van der Waals surface area contributed by atoms with Crippen LogP contribution >= 0.6 is 0 Å². The largest absolute Gasteiger partial charge is 0.497 e. The lowest BCUT2D eigenvalue weighted by Crippen LogP contribution is -2.21. The van der Waals surface area contributed by atoms with Crippen molar-refractivity contribution >= 4 is 10.0 Å². The average molecular weight is 389 g/mol. The van der Waals surface area contributed by atoms with Crippen molar-refractivity contribution in [1.29, 1.82) is 0 Å². The lowest BCUT2D eigenvalue weighted by Gasteiger charge is -2.16. The minimum atomic E-state index is -3.62. The second-order valence-electron chi connectivity index (χ2n) is 6.77. The molecule has 2 fully saturated rings. The molecular weight excluding hydrogens is 370 g/mol. The third-order valence-corrected chi connectivity index (χ3v) is 7.52. The molecule has 1 unspecified atom stereocenters. The molecule has 2 aromatic rings. The van der Waals surface area contributed by atoms with Gasteiger partial charge in [-0.1, -0.05) is 0 Å². The van der Waals surface area contributed by atoms with E-state index in [0.29, 0.717) is 17.2 Å². The number of benzene rings is 2. The van der Waals surface area contributed by atoms with Crippen molar-refractivity contribution in [3.63, 3.8) is 0 Å². The van der Waals surface area contributed by atoms with Crippen LogP contribution in [0.5, 0.6) is 17.2 Å². The van der Waals surface area contributed by atoms with Gasteiger partial charge in [-0.05, 0) is 36.4 Å². The van der Waals surface area contributed by atoms with Gasteiger partial charge >= 0.3 is 0 Å². The summed E-state index contributed by atoms with van der Waals surface area (Å²) >= 11 is 0. The number of hydrogen-bond donors (Lipinski definition) is 0. The molecule has 2 bridgehead atoms. The number of methoxy groups -OCH3 is 3. The second-order valence-corrected chi connectivity index (χ2v) is 8.61. The quantitative estimate of drug-likeness (QED) is 0.731. The zero-order chi connectivity index (χ0) is 18.9. The Morgan fingerprint density at radius 1 is 0.815 bits per heavy atom. The van der Waals surface area contributed by atoms with Gasteiger partial charge < -0.3 is 18.9 Å². The number of ether oxygens (including phenoxy) is 4. The van der Waals surface area contributed by atoms with Crippen LogP contribution in [0.3, 0.4) is 0 Å². The summed E-state index contributed by atoms with van der Waals surface area (Å²) in [6.45, 7) is 0. The van der Waals surface area contributed by atoms with Gasteiger partial charge in [0.15, 0.2) is 0 Å². The van der Waals surface area contributed by atoms with Gasteiger partial charge in [0.1, 0.15) is 29.5 Å². The van der Waals surface area contributed by atoms with Crippen LogP contribution in [0.15, 0.2) is 41.3 Å². The van der Waals surface area contributed by atoms with Crippen molar-refractivity contribution in [2.24, 2.45) is 0 Å². The summed E-state index contributed by atoms with van der Waals surface area (Å²) in [4.78, 5) is 0.250. The molecule has 3 aliphatic rings. The van der Waals surface area contributed by atoms with Crippen LogP contribution in [-0.4, -0.2) is 46.1 Å². The molecule has 2 saturated heterocycles. The van der Waals surface area contributed by atoms with E-state index in [-0.39, 0.29) is 29.2 Å². The van der Waals surface area contributed by atoms with Gasteiger partial charge in [0.25, 0.3) is 0 Å². The first-order chi connectivity index (χ1) is 13.0. The first-order valence-electron chi connectivity index (χ1n) is 8.60. The maximum atomic E-state index is 13.2. The van der Waals surface area contributed by atoms with Gasteiger partial charge in [0, 0.05) is 11.1 Å². The molecule has 2 aromatic carbocycles. The smallest absolute Gasteiger partial charge is 0.243 e. The molecule has 0 spiro atoms. The predicted molar refractivity (Wildman–Crippen MR) is 95.7 cm³/mol. The maximum absolute atomic E-state index is 13.2.